The Kier molecular flexibility index (Phi) is 6.97. The monoisotopic (exact) mass is 423 g/mol. The standard InChI is InChI=1S/C24H26FN3O3/c1-24(2,3)31-22(29)14-20(17-6-8-18(25)9-7-17)21-12-13-27-23(28-21)30-19-10-4-16(15-26)5-11-19/h4-13,20H,14-15,26H2,1-3H3. The number of ether oxygens (including phenoxy) is 2. The SMILES string of the molecule is CC(C)(C)OC(=O)CC(c1ccc(F)cc1)c1ccnc(Oc2ccc(CN)cc2)n1. The number of halogens is 1. The van der Waals surface area contributed by atoms with Crippen molar-refractivity contribution in [1.82, 2.24) is 9.97 Å². The lowest BCUT2D eigenvalue weighted by molar-refractivity contribution is -0.155. The van der Waals surface area contributed by atoms with Gasteiger partial charge in [-0.15, -0.1) is 0 Å². The average Bonchev–Trinajstić information content (AvgIpc) is 2.72. The fourth-order valence-corrected chi connectivity index (χ4v) is 3.03. The minimum absolute atomic E-state index is 0.0462. The Morgan fingerprint density at radius 3 is 2.35 bits per heavy atom. The third kappa shape index (κ3) is 6.58. The summed E-state index contributed by atoms with van der Waals surface area (Å²) < 4.78 is 24.7. The zero-order valence-electron chi connectivity index (χ0n) is 17.8. The number of carbonyl (C=O) groups excluding carboxylic acids is 1. The lowest BCUT2D eigenvalue weighted by atomic mass is 9.92. The summed E-state index contributed by atoms with van der Waals surface area (Å²) in [6.45, 7) is 5.87. The minimum atomic E-state index is -0.611. The number of rotatable bonds is 7. The molecule has 7 heteroatoms. The van der Waals surface area contributed by atoms with Crippen LogP contribution in [0.25, 0.3) is 0 Å². The molecule has 0 bridgehead atoms. The molecule has 1 unspecified atom stereocenters. The molecule has 2 N–H and O–H groups in total. The maximum Gasteiger partial charge on any atom is 0.322 e. The van der Waals surface area contributed by atoms with E-state index in [0.29, 0.717) is 18.0 Å². The molecule has 0 aliphatic heterocycles. The highest BCUT2D eigenvalue weighted by molar-refractivity contribution is 5.71. The number of nitrogens with zero attached hydrogens (tertiary/aromatic N) is 2. The van der Waals surface area contributed by atoms with Crippen LogP contribution >= 0.6 is 0 Å². The second-order valence-corrected chi connectivity index (χ2v) is 8.11. The van der Waals surface area contributed by atoms with Gasteiger partial charge in [0.15, 0.2) is 0 Å². The van der Waals surface area contributed by atoms with Crippen LogP contribution < -0.4 is 10.5 Å². The van der Waals surface area contributed by atoms with E-state index >= 15 is 0 Å². The lowest BCUT2D eigenvalue weighted by Crippen LogP contribution is -2.25. The van der Waals surface area contributed by atoms with Crippen molar-refractivity contribution in [3.05, 3.63) is 83.4 Å². The highest BCUT2D eigenvalue weighted by Crippen LogP contribution is 2.29. The predicted octanol–water partition coefficient (Wildman–Crippen LogP) is 4.73. The molecule has 0 radical (unpaired) electrons. The molecule has 6 nitrogen and oxygen atoms in total. The predicted molar refractivity (Wildman–Crippen MR) is 115 cm³/mol. The Balaban J connectivity index is 1.88. The summed E-state index contributed by atoms with van der Waals surface area (Å²) in [6, 6.07) is 15.2. The zero-order chi connectivity index (χ0) is 22.4. The van der Waals surface area contributed by atoms with Gasteiger partial charge in [0.1, 0.15) is 17.2 Å². The molecule has 1 aromatic heterocycles. The molecule has 0 amide bonds. The summed E-state index contributed by atoms with van der Waals surface area (Å²) in [5, 5.41) is 0. The lowest BCUT2D eigenvalue weighted by Gasteiger charge is -2.22. The molecule has 0 fully saturated rings. The van der Waals surface area contributed by atoms with E-state index in [0.717, 1.165) is 11.1 Å². The Morgan fingerprint density at radius 2 is 1.74 bits per heavy atom. The molecule has 0 spiro atoms. The molecule has 0 saturated heterocycles. The number of nitrogens with two attached hydrogens (primary N) is 1. The van der Waals surface area contributed by atoms with Gasteiger partial charge in [-0.25, -0.2) is 9.37 Å². The van der Waals surface area contributed by atoms with E-state index in [-0.39, 0.29) is 24.2 Å². The third-order valence-electron chi connectivity index (χ3n) is 4.44. The van der Waals surface area contributed by atoms with Gasteiger partial charge in [0, 0.05) is 18.7 Å². The molecule has 0 aliphatic carbocycles. The van der Waals surface area contributed by atoms with Crippen molar-refractivity contribution in [3.8, 4) is 11.8 Å². The van der Waals surface area contributed by atoms with E-state index in [2.05, 4.69) is 9.97 Å². The van der Waals surface area contributed by atoms with Gasteiger partial charge in [0.25, 0.3) is 0 Å². The molecule has 162 valence electrons. The summed E-state index contributed by atoms with van der Waals surface area (Å²) in [5.74, 6) is -0.604. The highest BCUT2D eigenvalue weighted by Gasteiger charge is 2.24. The first-order valence-electron chi connectivity index (χ1n) is 10.0. The van der Waals surface area contributed by atoms with Gasteiger partial charge in [-0.1, -0.05) is 24.3 Å². The third-order valence-corrected chi connectivity index (χ3v) is 4.44. The van der Waals surface area contributed by atoms with Crippen LogP contribution in [0.4, 0.5) is 4.39 Å². The van der Waals surface area contributed by atoms with Gasteiger partial charge in [0.05, 0.1) is 12.1 Å². The van der Waals surface area contributed by atoms with Crippen LogP contribution in [0.15, 0.2) is 60.8 Å². The van der Waals surface area contributed by atoms with Crippen molar-refractivity contribution in [3.63, 3.8) is 0 Å². The summed E-state index contributed by atoms with van der Waals surface area (Å²) in [5.41, 5.74) is 7.30. The van der Waals surface area contributed by atoms with Crippen LogP contribution in [0.5, 0.6) is 11.8 Å². The van der Waals surface area contributed by atoms with Gasteiger partial charge in [-0.2, -0.15) is 4.98 Å². The quantitative estimate of drug-likeness (QED) is 0.553. The molecule has 1 atom stereocenters. The highest BCUT2D eigenvalue weighted by atomic mass is 19.1. The Morgan fingerprint density at radius 1 is 1.06 bits per heavy atom. The van der Waals surface area contributed by atoms with Crippen molar-refractivity contribution >= 4 is 5.97 Å². The van der Waals surface area contributed by atoms with Crippen LogP contribution in [0.2, 0.25) is 0 Å². The maximum atomic E-state index is 13.5. The molecule has 31 heavy (non-hydrogen) atoms. The van der Waals surface area contributed by atoms with Crippen LogP contribution in [-0.2, 0) is 16.1 Å². The number of hydrogen-bond acceptors (Lipinski definition) is 6. The van der Waals surface area contributed by atoms with Gasteiger partial charge in [-0.05, 0) is 62.2 Å². The normalized spacial score (nSPS) is 12.3. The van der Waals surface area contributed by atoms with Gasteiger partial charge in [-0.3, -0.25) is 4.79 Å². The van der Waals surface area contributed by atoms with E-state index in [1.165, 1.54) is 12.1 Å². The van der Waals surface area contributed by atoms with E-state index in [4.69, 9.17) is 15.2 Å². The van der Waals surface area contributed by atoms with Crippen molar-refractivity contribution in [2.24, 2.45) is 5.73 Å². The Labute approximate surface area is 181 Å². The number of carbonyl (C=O) groups is 1. The fourth-order valence-electron chi connectivity index (χ4n) is 3.03. The number of esters is 1. The molecule has 3 aromatic rings. The minimum Gasteiger partial charge on any atom is -0.460 e. The van der Waals surface area contributed by atoms with E-state index in [1.807, 2.05) is 32.9 Å². The van der Waals surface area contributed by atoms with E-state index < -0.39 is 11.5 Å². The van der Waals surface area contributed by atoms with Crippen LogP contribution in [-0.4, -0.2) is 21.5 Å². The summed E-state index contributed by atoms with van der Waals surface area (Å²) in [7, 11) is 0. The fraction of sp³-hybridized carbons (Fsp3) is 0.292. The van der Waals surface area contributed by atoms with E-state index in [1.54, 1.807) is 36.5 Å². The second-order valence-electron chi connectivity index (χ2n) is 8.11. The van der Waals surface area contributed by atoms with Gasteiger partial charge in [0.2, 0.25) is 0 Å². The second kappa shape index (κ2) is 9.66. The number of hydrogen-bond donors (Lipinski definition) is 1. The summed E-state index contributed by atoms with van der Waals surface area (Å²) in [4.78, 5) is 21.2. The van der Waals surface area contributed by atoms with Gasteiger partial charge >= 0.3 is 12.0 Å². The molecular weight excluding hydrogens is 397 g/mol. The molecule has 3 rings (SSSR count). The molecule has 1 heterocycles. The molecular formula is C24H26FN3O3. The van der Waals surface area contributed by atoms with Crippen LogP contribution in [0.3, 0.4) is 0 Å². The van der Waals surface area contributed by atoms with E-state index in [9.17, 15) is 9.18 Å². The Hall–Kier alpha value is -3.32. The summed E-state index contributed by atoms with van der Waals surface area (Å²) >= 11 is 0. The number of aromatic nitrogens is 2. The van der Waals surface area contributed by atoms with Crippen LogP contribution in [0.1, 0.15) is 49.9 Å². The van der Waals surface area contributed by atoms with Gasteiger partial charge < -0.3 is 15.2 Å². The first kappa shape index (κ1) is 22.4. The van der Waals surface area contributed by atoms with Crippen molar-refractivity contribution in [2.45, 2.75) is 45.3 Å². The topological polar surface area (TPSA) is 87.3 Å². The first-order chi connectivity index (χ1) is 14.7. The van der Waals surface area contributed by atoms with Crippen molar-refractivity contribution < 1.29 is 18.7 Å². The molecule has 0 saturated carbocycles. The van der Waals surface area contributed by atoms with Crippen molar-refractivity contribution in [2.75, 3.05) is 0 Å². The maximum absolute atomic E-state index is 13.5. The van der Waals surface area contributed by atoms with Crippen LogP contribution in [0, 0.1) is 5.82 Å². The molecule has 2 aromatic carbocycles. The molecule has 0 aliphatic rings. The van der Waals surface area contributed by atoms with Crippen molar-refractivity contribution in [1.29, 1.82) is 0 Å². The average molecular weight is 423 g/mol. The number of benzene rings is 2. The first-order valence-corrected chi connectivity index (χ1v) is 10.0. The smallest absolute Gasteiger partial charge is 0.322 e. The zero-order valence-corrected chi connectivity index (χ0v) is 17.8. The summed E-state index contributed by atoms with van der Waals surface area (Å²) in [6.07, 6.45) is 1.61. The Bertz CT molecular complexity index is 1020. The largest absolute Gasteiger partial charge is 0.460 e.